The predicted molar refractivity (Wildman–Crippen MR) is 79.5 cm³/mol. The first-order chi connectivity index (χ1) is 8.72. The lowest BCUT2D eigenvalue weighted by Crippen LogP contribution is -2.15. The lowest BCUT2D eigenvalue weighted by Gasteiger charge is -2.14. The highest BCUT2D eigenvalue weighted by Crippen LogP contribution is 2.33. The van der Waals surface area contributed by atoms with E-state index in [1.54, 1.807) is 12.1 Å². The van der Waals surface area contributed by atoms with Crippen molar-refractivity contribution in [2.24, 2.45) is 0 Å². The molecule has 1 aliphatic rings. The number of hydrogen-bond donors (Lipinski definition) is 2. The van der Waals surface area contributed by atoms with Crippen LogP contribution in [0, 0.1) is 0 Å². The second-order valence-electron chi connectivity index (χ2n) is 4.74. The van der Waals surface area contributed by atoms with Gasteiger partial charge in [0.1, 0.15) is 0 Å². The van der Waals surface area contributed by atoms with Crippen LogP contribution in [0.4, 0.5) is 0 Å². The highest BCUT2D eigenvalue weighted by Gasteiger charge is 2.20. The molecule has 0 aromatic heterocycles. The molecular weight excluding hydrogens is 306 g/mol. The van der Waals surface area contributed by atoms with Crippen LogP contribution < -0.4 is 0 Å². The molecule has 0 fully saturated rings. The average Bonchev–Trinajstić information content (AvgIpc) is 2.72. The van der Waals surface area contributed by atoms with Crippen LogP contribution in [0.3, 0.4) is 0 Å². The summed E-state index contributed by atoms with van der Waals surface area (Å²) in [5, 5.41) is 19.0. The van der Waals surface area contributed by atoms with Crippen molar-refractivity contribution < 1.29 is 10.2 Å². The SMILES string of the molecule is Br.Oc1cc2c(cc1O)CN(Cc1ccccc1)C2. The molecule has 0 spiro atoms. The van der Waals surface area contributed by atoms with Crippen LogP contribution in [0.25, 0.3) is 0 Å². The van der Waals surface area contributed by atoms with Crippen molar-refractivity contribution in [1.29, 1.82) is 0 Å². The summed E-state index contributed by atoms with van der Waals surface area (Å²) in [5.41, 5.74) is 3.47. The number of phenols is 2. The van der Waals surface area contributed by atoms with E-state index in [-0.39, 0.29) is 28.5 Å². The summed E-state index contributed by atoms with van der Waals surface area (Å²) in [6.07, 6.45) is 0. The predicted octanol–water partition coefficient (Wildman–Crippen LogP) is 3.19. The summed E-state index contributed by atoms with van der Waals surface area (Å²) < 4.78 is 0. The Labute approximate surface area is 122 Å². The molecule has 4 heteroatoms. The van der Waals surface area contributed by atoms with Crippen LogP contribution >= 0.6 is 17.0 Å². The van der Waals surface area contributed by atoms with E-state index in [9.17, 15) is 10.2 Å². The molecule has 0 saturated carbocycles. The number of phenolic OH excluding ortho intramolecular Hbond substituents is 2. The van der Waals surface area contributed by atoms with Crippen molar-refractivity contribution in [3.05, 3.63) is 59.2 Å². The normalized spacial score (nSPS) is 13.9. The standard InChI is InChI=1S/C15H15NO2.BrH/c17-14-6-12-9-16(10-13(12)7-15(14)18)8-11-4-2-1-3-5-11;/h1-7,17-18H,8-10H2;1H. The van der Waals surface area contributed by atoms with E-state index < -0.39 is 0 Å². The largest absolute Gasteiger partial charge is 0.504 e. The molecular formula is C15H16BrNO2. The van der Waals surface area contributed by atoms with E-state index in [1.165, 1.54) is 5.56 Å². The van der Waals surface area contributed by atoms with Gasteiger partial charge in [0.05, 0.1) is 0 Å². The smallest absolute Gasteiger partial charge is 0.157 e. The van der Waals surface area contributed by atoms with E-state index in [2.05, 4.69) is 17.0 Å². The lowest BCUT2D eigenvalue weighted by molar-refractivity contribution is 0.275. The van der Waals surface area contributed by atoms with Crippen molar-refractivity contribution in [2.75, 3.05) is 0 Å². The van der Waals surface area contributed by atoms with Crippen LogP contribution in [-0.2, 0) is 19.6 Å². The molecule has 100 valence electrons. The zero-order valence-corrected chi connectivity index (χ0v) is 12.1. The lowest BCUT2D eigenvalue weighted by atomic mass is 10.1. The third kappa shape index (κ3) is 2.91. The maximum absolute atomic E-state index is 9.49. The molecule has 0 amide bonds. The second kappa shape index (κ2) is 5.63. The molecule has 2 N–H and O–H groups in total. The monoisotopic (exact) mass is 321 g/mol. The Balaban J connectivity index is 0.00000133. The van der Waals surface area contributed by atoms with Crippen molar-refractivity contribution in [3.8, 4) is 11.5 Å². The Morgan fingerprint density at radius 3 is 1.95 bits per heavy atom. The molecule has 3 rings (SSSR count). The first-order valence-electron chi connectivity index (χ1n) is 6.02. The average molecular weight is 322 g/mol. The van der Waals surface area contributed by atoms with Crippen LogP contribution in [0.2, 0.25) is 0 Å². The summed E-state index contributed by atoms with van der Waals surface area (Å²) in [7, 11) is 0. The van der Waals surface area contributed by atoms with Gasteiger partial charge in [0.2, 0.25) is 0 Å². The summed E-state index contributed by atoms with van der Waals surface area (Å²) in [5.74, 6) is -0.0642. The summed E-state index contributed by atoms with van der Waals surface area (Å²) in [4.78, 5) is 2.29. The molecule has 1 heterocycles. The first kappa shape index (κ1) is 13.9. The minimum Gasteiger partial charge on any atom is -0.504 e. The minimum absolute atomic E-state index is 0. The molecule has 0 radical (unpaired) electrons. The summed E-state index contributed by atoms with van der Waals surface area (Å²) >= 11 is 0. The fourth-order valence-electron chi connectivity index (χ4n) is 2.45. The molecule has 19 heavy (non-hydrogen) atoms. The van der Waals surface area contributed by atoms with E-state index >= 15 is 0 Å². The van der Waals surface area contributed by atoms with Gasteiger partial charge in [-0.25, -0.2) is 0 Å². The quantitative estimate of drug-likeness (QED) is 0.835. The van der Waals surface area contributed by atoms with Gasteiger partial charge in [0, 0.05) is 19.6 Å². The van der Waals surface area contributed by atoms with Gasteiger partial charge in [-0.15, -0.1) is 17.0 Å². The van der Waals surface area contributed by atoms with Crippen LogP contribution in [0.1, 0.15) is 16.7 Å². The molecule has 3 nitrogen and oxygen atoms in total. The molecule has 0 saturated heterocycles. The van der Waals surface area contributed by atoms with Crippen molar-refractivity contribution in [2.45, 2.75) is 19.6 Å². The Morgan fingerprint density at radius 2 is 1.42 bits per heavy atom. The van der Waals surface area contributed by atoms with Gasteiger partial charge in [-0.2, -0.15) is 0 Å². The number of nitrogens with zero attached hydrogens (tertiary/aromatic N) is 1. The van der Waals surface area contributed by atoms with Crippen molar-refractivity contribution in [3.63, 3.8) is 0 Å². The topological polar surface area (TPSA) is 43.7 Å². The van der Waals surface area contributed by atoms with Crippen molar-refractivity contribution in [1.82, 2.24) is 4.90 Å². The molecule has 2 aromatic carbocycles. The summed E-state index contributed by atoms with van der Waals surface area (Å²) in [6, 6.07) is 13.6. The van der Waals surface area contributed by atoms with Gasteiger partial charge in [-0.3, -0.25) is 4.90 Å². The first-order valence-corrected chi connectivity index (χ1v) is 6.02. The second-order valence-corrected chi connectivity index (χ2v) is 4.74. The third-order valence-electron chi connectivity index (χ3n) is 3.33. The number of halogens is 1. The van der Waals surface area contributed by atoms with E-state index in [0.717, 1.165) is 30.8 Å². The van der Waals surface area contributed by atoms with Gasteiger partial charge in [0.15, 0.2) is 11.5 Å². The fourth-order valence-corrected chi connectivity index (χ4v) is 2.45. The molecule has 0 atom stereocenters. The Kier molecular flexibility index (Phi) is 4.12. The molecule has 1 aliphatic heterocycles. The molecule has 0 bridgehead atoms. The van der Waals surface area contributed by atoms with Gasteiger partial charge in [0.25, 0.3) is 0 Å². The summed E-state index contributed by atoms with van der Waals surface area (Å²) in [6.45, 7) is 2.52. The number of fused-ring (bicyclic) bond motifs is 1. The zero-order valence-electron chi connectivity index (χ0n) is 10.4. The van der Waals surface area contributed by atoms with Crippen molar-refractivity contribution >= 4 is 17.0 Å². The molecule has 0 aliphatic carbocycles. The van der Waals surface area contributed by atoms with Gasteiger partial charge in [-0.05, 0) is 28.8 Å². The maximum Gasteiger partial charge on any atom is 0.157 e. The van der Waals surface area contributed by atoms with E-state index in [1.807, 2.05) is 18.2 Å². The highest BCUT2D eigenvalue weighted by molar-refractivity contribution is 8.93. The van der Waals surface area contributed by atoms with Crippen LogP contribution in [-0.4, -0.2) is 15.1 Å². The Bertz CT molecular complexity index is 541. The fraction of sp³-hybridized carbons (Fsp3) is 0.200. The number of aromatic hydroxyl groups is 2. The van der Waals surface area contributed by atoms with E-state index in [4.69, 9.17) is 0 Å². The van der Waals surface area contributed by atoms with Gasteiger partial charge >= 0.3 is 0 Å². The number of hydrogen-bond acceptors (Lipinski definition) is 3. The Morgan fingerprint density at radius 1 is 0.895 bits per heavy atom. The molecule has 0 unspecified atom stereocenters. The Hall–Kier alpha value is -1.52. The van der Waals surface area contributed by atoms with E-state index in [0.29, 0.717) is 0 Å². The number of benzene rings is 2. The zero-order chi connectivity index (χ0) is 12.5. The highest BCUT2D eigenvalue weighted by atomic mass is 79.9. The van der Waals surface area contributed by atoms with Crippen LogP contribution in [0.15, 0.2) is 42.5 Å². The van der Waals surface area contributed by atoms with Crippen LogP contribution in [0.5, 0.6) is 11.5 Å². The van der Waals surface area contributed by atoms with Gasteiger partial charge in [-0.1, -0.05) is 30.3 Å². The minimum atomic E-state index is -0.0321. The number of rotatable bonds is 2. The van der Waals surface area contributed by atoms with Gasteiger partial charge < -0.3 is 10.2 Å². The molecule has 2 aromatic rings. The maximum atomic E-state index is 9.49. The third-order valence-corrected chi connectivity index (χ3v) is 3.33.